The Morgan fingerprint density at radius 3 is 2.60 bits per heavy atom. The summed E-state index contributed by atoms with van der Waals surface area (Å²) >= 11 is 6.17. The molecular formula is C28H26ClN3O3. The number of ether oxygens (including phenoxy) is 1. The van der Waals surface area contributed by atoms with Gasteiger partial charge in [-0.3, -0.25) is 9.59 Å². The molecule has 0 radical (unpaired) electrons. The van der Waals surface area contributed by atoms with Crippen LogP contribution in [0.15, 0.2) is 79.0 Å². The highest BCUT2D eigenvalue weighted by atomic mass is 35.5. The molecule has 35 heavy (non-hydrogen) atoms. The van der Waals surface area contributed by atoms with E-state index in [1.807, 2.05) is 60.3 Å². The standard InChI is InChI=1S/C28H26ClN3O3/c1-31-17-23(20-10-5-6-13-24(20)31)26-25(27(33)30-19-9-7-8-18(29)16-19)21-11-3-4-12-22(21)28(34)32(26)14-15-35-2/h3-13,16-17,25-26H,14-15H2,1-2H3,(H,30,33). The van der Waals surface area contributed by atoms with E-state index in [0.717, 1.165) is 16.5 Å². The van der Waals surface area contributed by atoms with Gasteiger partial charge in [-0.15, -0.1) is 0 Å². The minimum Gasteiger partial charge on any atom is -0.383 e. The predicted octanol–water partition coefficient (Wildman–Crippen LogP) is 5.40. The van der Waals surface area contributed by atoms with Crippen molar-refractivity contribution in [1.82, 2.24) is 9.47 Å². The number of rotatable bonds is 6. The zero-order chi connectivity index (χ0) is 24.5. The van der Waals surface area contributed by atoms with Crippen LogP contribution in [0, 0.1) is 0 Å². The molecule has 2 unspecified atom stereocenters. The SMILES string of the molecule is COCCN1C(=O)c2ccccc2C(C(=O)Nc2cccc(Cl)c2)C1c1cn(C)c2ccccc12. The van der Waals surface area contributed by atoms with Gasteiger partial charge in [0.1, 0.15) is 0 Å². The second-order valence-corrected chi connectivity index (χ2v) is 9.15. The Morgan fingerprint density at radius 2 is 1.80 bits per heavy atom. The summed E-state index contributed by atoms with van der Waals surface area (Å²) in [6.45, 7) is 0.719. The molecule has 0 spiro atoms. The lowest BCUT2D eigenvalue weighted by Crippen LogP contribution is -2.47. The number of amides is 2. The zero-order valence-corrected chi connectivity index (χ0v) is 20.3. The van der Waals surface area contributed by atoms with Gasteiger partial charge in [0.25, 0.3) is 5.91 Å². The summed E-state index contributed by atoms with van der Waals surface area (Å²) in [4.78, 5) is 29.5. The van der Waals surface area contributed by atoms with Gasteiger partial charge in [-0.05, 0) is 35.9 Å². The Morgan fingerprint density at radius 1 is 1.03 bits per heavy atom. The molecule has 1 N–H and O–H groups in total. The molecule has 5 rings (SSSR count). The number of benzene rings is 3. The van der Waals surface area contributed by atoms with E-state index >= 15 is 0 Å². The number of carbonyl (C=O) groups is 2. The van der Waals surface area contributed by atoms with Crippen LogP contribution in [0.1, 0.15) is 33.4 Å². The molecule has 0 aliphatic carbocycles. The lowest BCUT2D eigenvalue weighted by atomic mass is 9.79. The molecule has 0 fully saturated rings. The van der Waals surface area contributed by atoms with Crippen LogP contribution in [-0.2, 0) is 16.6 Å². The van der Waals surface area contributed by atoms with E-state index in [2.05, 4.69) is 5.32 Å². The first-order chi connectivity index (χ1) is 17.0. The van der Waals surface area contributed by atoms with E-state index in [9.17, 15) is 9.59 Å². The molecule has 2 amide bonds. The predicted molar refractivity (Wildman–Crippen MR) is 138 cm³/mol. The summed E-state index contributed by atoms with van der Waals surface area (Å²) in [5, 5.41) is 4.59. The minimum absolute atomic E-state index is 0.109. The number of halogens is 1. The molecule has 2 heterocycles. The number of aryl methyl sites for hydroxylation is 1. The maximum absolute atomic E-state index is 14.0. The fourth-order valence-corrected chi connectivity index (χ4v) is 5.24. The van der Waals surface area contributed by atoms with Crippen molar-refractivity contribution < 1.29 is 14.3 Å². The molecule has 0 saturated carbocycles. The van der Waals surface area contributed by atoms with Crippen molar-refractivity contribution in [2.75, 3.05) is 25.6 Å². The largest absolute Gasteiger partial charge is 0.383 e. The van der Waals surface area contributed by atoms with Crippen LogP contribution in [0.5, 0.6) is 0 Å². The van der Waals surface area contributed by atoms with Crippen molar-refractivity contribution in [2.45, 2.75) is 12.0 Å². The van der Waals surface area contributed by atoms with Gasteiger partial charge >= 0.3 is 0 Å². The van der Waals surface area contributed by atoms with Crippen LogP contribution >= 0.6 is 11.6 Å². The van der Waals surface area contributed by atoms with Gasteiger partial charge in [0.15, 0.2) is 0 Å². The second kappa shape index (κ2) is 9.56. The van der Waals surface area contributed by atoms with Gasteiger partial charge in [0, 0.05) is 59.6 Å². The van der Waals surface area contributed by atoms with Crippen LogP contribution in [-0.4, -0.2) is 41.5 Å². The number of nitrogens with one attached hydrogen (secondary N) is 1. The smallest absolute Gasteiger partial charge is 0.254 e. The van der Waals surface area contributed by atoms with Crippen LogP contribution in [0.25, 0.3) is 10.9 Å². The fourth-order valence-electron chi connectivity index (χ4n) is 5.05. The van der Waals surface area contributed by atoms with Gasteiger partial charge < -0.3 is 19.5 Å². The number of anilines is 1. The monoisotopic (exact) mass is 487 g/mol. The molecule has 4 aromatic rings. The third-order valence-corrected chi connectivity index (χ3v) is 6.83. The third kappa shape index (κ3) is 4.20. The zero-order valence-electron chi connectivity index (χ0n) is 19.6. The van der Waals surface area contributed by atoms with E-state index in [1.165, 1.54) is 0 Å². The van der Waals surface area contributed by atoms with Crippen LogP contribution < -0.4 is 5.32 Å². The normalized spacial score (nSPS) is 17.5. The number of hydrogen-bond acceptors (Lipinski definition) is 3. The number of aromatic nitrogens is 1. The quantitative estimate of drug-likeness (QED) is 0.396. The Kier molecular flexibility index (Phi) is 6.32. The fraction of sp³-hybridized carbons (Fsp3) is 0.214. The summed E-state index contributed by atoms with van der Waals surface area (Å²) in [6.07, 6.45) is 2.02. The van der Waals surface area contributed by atoms with Crippen LogP contribution in [0.2, 0.25) is 5.02 Å². The molecular weight excluding hydrogens is 462 g/mol. The van der Waals surface area contributed by atoms with Crippen molar-refractivity contribution in [3.63, 3.8) is 0 Å². The summed E-state index contributed by atoms with van der Waals surface area (Å²) in [7, 11) is 3.59. The number of fused-ring (bicyclic) bond motifs is 2. The van der Waals surface area contributed by atoms with Gasteiger partial charge in [0.05, 0.1) is 18.6 Å². The molecule has 1 aliphatic heterocycles. The first kappa shape index (κ1) is 23.1. The average Bonchev–Trinajstić information content (AvgIpc) is 3.19. The molecule has 7 heteroatoms. The summed E-state index contributed by atoms with van der Waals surface area (Å²) in [5.41, 5.74) is 3.81. The van der Waals surface area contributed by atoms with Crippen LogP contribution in [0.3, 0.4) is 0 Å². The van der Waals surface area contributed by atoms with E-state index < -0.39 is 12.0 Å². The Labute approximate surface area is 209 Å². The number of carbonyl (C=O) groups excluding carboxylic acids is 2. The van der Waals surface area contributed by atoms with Crippen molar-refractivity contribution in [3.05, 3.63) is 101 Å². The van der Waals surface area contributed by atoms with Crippen molar-refractivity contribution in [1.29, 1.82) is 0 Å². The van der Waals surface area contributed by atoms with Gasteiger partial charge in [-0.25, -0.2) is 0 Å². The Balaban J connectivity index is 1.70. The number of nitrogens with zero attached hydrogens (tertiary/aromatic N) is 2. The van der Waals surface area contributed by atoms with E-state index in [0.29, 0.717) is 35.0 Å². The molecule has 1 aliphatic rings. The van der Waals surface area contributed by atoms with E-state index in [1.54, 1.807) is 42.3 Å². The molecule has 0 saturated heterocycles. The van der Waals surface area contributed by atoms with Gasteiger partial charge in [0.2, 0.25) is 5.91 Å². The summed E-state index contributed by atoms with van der Waals surface area (Å²) in [5.74, 6) is -0.944. The van der Waals surface area contributed by atoms with Gasteiger partial charge in [-0.2, -0.15) is 0 Å². The summed E-state index contributed by atoms with van der Waals surface area (Å²) < 4.78 is 7.39. The molecule has 2 atom stereocenters. The maximum atomic E-state index is 14.0. The first-order valence-electron chi connectivity index (χ1n) is 11.5. The number of para-hydroxylation sites is 1. The highest BCUT2D eigenvalue weighted by Crippen LogP contribution is 2.45. The number of hydrogen-bond donors (Lipinski definition) is 1. The Bertz CT molecular complexity index is 1410. The topological polar surface area (TPSA) is 63.6 Å². The van der Waals surface area contributed by atoms with Crippen LogP contribution in [0.4, 0.5) is 5.69 Å². The second-order valence-electron chi connectivity index (χ2n) is 8.71. The lowest BCUT2D eigenvalue weighted by molar-refractivity contribution is -0.119. The number of methoxy groups -OCH3 is 1. The average molecular weight is 488 g/mol. The molecule has 178 valence electrons. The van der Waals surface area contributed by atoms with Crippen molar-refractivity contribution >= 4 is 40.0 Å². The third-order valence-electron chi connectivity index (χ3n) is 6.60. The van der Waals surface area contributed by atoms with E-state index in [4.69, 9.17) is 16.3 Å². The first-order valence-corrected chi connectivity index (χ1v) is 11.9. The highest BCUT2D eigenvalue weighted by Gasteiger charge is 2.45. The maximum Gasteiger partial charge on any atom is 0.254 e. The highest BCUT2D eigenvalue weighted by molar-refractivity contribution is 6.30. The van der Waals surface area contributed by atoms with Crippen molar-refractivity contribution in [3.8, 4) is 0 Å². The molecule has 1 aromatic heterocycles. The molecule has 0 bridgehead atoms. The van der Waals surface area contributed by atoms with Crippen molar-refractivity contribution in [2.24, 2.45) is 7.05 Å². The Hall–Kier alpha value is -3.61. The minimum atomic E-state index is -0.634. The van der Waals surface area contributed by atoms with Gasteiger partial charge in [-0.1, -0.05) is 54.1 Å². The molecule has 6 nitrogen and oxygen atoms in total. The van der Waals surface area contributed by atoms with E-state index in [-0.39, 0.29) is 11.8 Å². The lowest BCUT2D eigenvalue weighted by Gasteiger charge is -2.41. The summed E-state index contributed by atoms with van der Waals surface area (Å²) in [6, 6.07) is 22.0. The molecule has 3 aromatic carbocycles.